The number of hydrogen-bond donors (Lipinski definition) is 1. The van der Waals surface area contributed by atoms with E-state index in [-0.39, 0.29) is 23.4 Å². The molecule has 1 aliphatic carbocycles. The Hall–Kier alpha value is -3.36. The van der Waals surface area contributed by atoms with Gasteiger partial charge in [0.15, 0.2) is 0 Å². The zero-order valence-corrected chi connectivity index (χ0v) is 24.7. The highest BCUT2D eigenvalue weighted by molar-refractivity contribution is 7.92. The number of sulfonamides is 1. The maximum Gasteiger partial charge on any atom is 0.264 e. The Bertz CT molecular complexity index is 1440. The number of carbonyl (C=O) groups excluding carboxylic acids is 2. The van der Waals surface area contributed by atoms with E-state index in [0.29, 0.717) is 10.7 Å². The predicted octanol–water partition coefficient (Wildman–Crippen LogP) is 5.63. The fraction of sp³-hybridized carbons (Fsp3) is 0.355. The van der Waals surface area contributed by atoms with E-state index in [1.165, 1.54) is 17.0 Å². The lowest BCUT2D eigenvalue weighted by Crippen LogP contribution is -2.52. The van der Waals surface area contributed by atoms with Gasteiger partial charge in [0.2, 0.25) is 11.8 Å². The molecular formula is C31H36ClN3O4S. The lowest BCUT2D eigenvalue weighted by atomic mass is 10.1. The van der Waals surface area contributed by atoms with Crippen LogP contribution < -0.4 is 9.62 Å². The van der Waals surface area contributed by atoms with Gasteiger partial charge in [-0.1, -0.05) is 72.0 Å². The smallest absolute Gasteiger partial charge is 0.264 e. The quantitative estimate of drug-likeness (QED) is 0.336. The molecule has 1 atom stereocenters. The molecule has 1 fully saturated rings. The Morgan fingerprint density at radius 2 is 1.55 bits per heavy atom. The fourth-order valence-corrected chi connectivity index (χ4v) is 6.51. The average molecular weight is 582 g/mol. The third-order valence-electron chi connectivity index (χ3n) is 7.32. The summed E-state index contributed by atoms with van der Waals surface area (Å²) in [6.45, 7) is 5.10. The van der Waals surface area contributed by atoms with Gasteiger partial charge in [-0.3, -0.25) is 13.9 Å². The van der Waals surface area contributed by atoms with Crippen LogP contribution in [-0.2, 0) is 26.2 Å². The minimum absolute atomic E-state index is 0.0832. The first kappa shape index (κ1) is 29.6. The molecule has 2 amide bonds. The van der Waals surface area contributed by atoms with E-state index in [4.69, 9.17) is 11.6 Å². The van der Waals surface area contributed by atoms with Crippen molar-refractivity contribution in [1.82, 2.24) is 10.2 Å². The Morgan fingerprint density at radius 3 is 2.15 bits per heavy atom. The number of halogens is 1. The first-order valence-electron chi connectivity index (χ1n) is 13.5. The molecule has 3 aromatic rings. The summed E-state index contributed by atoms with van der Waals surface area (Å²) in [5.74, 6) is -0.754. The molecule has 7 nitrogen and oxygen atoms in total. The first-order valence-corrected chi connectivity index (χ1v) is 15.4. The zero-order chi connectivity index (χ0) is 28.9. The van der Waals surface area contributed by atoms with Gasteiger partial charge in [-0.2, -0.15) is 0 Å². The third-order valence-corrected chi connectivity index (χ3v) is 9.34. The minimum Gasteiger partial charge on any atom is -0.352 e. The van der Waals surface area contributed by atoms with Crippen LogP contribution in [0.5, 0.6) is 0 Å². The Labute approximate surface area is 242 Å². The fourth-order valence-electron chi connectivity index (χ4n) is 4.88. The first-order chi connectivity index (χ1) is 19.0. The van der Waals surface area contributed by atoms with Crippen LogP contribution in [0.1, 0.15) is 49.3 Å². The van der Waals surface area contributed by atoms with Crippen LogP contribution in [0.25, 0.3) is 0 Å². The van der Waals surface area contributed by atoms with Gasteiger partial charge in [0.05, 0.1) is 10.6 Å². The van der Waals surface area contributed by atoms with Crippen LogP contribution in [0, 0.1) is 13.8 Å². The number of anilines is 1. The molecule has 9 heteroatoms. The average Bonchev–Trinajstić information content (AvgIpc) is 3.44. The molecule has 0 aromatic heterocycles. The second-order valence-electron chi connectivity index (χ2n) is 10.5. The number of amides is 2. The molecule has 1 aliphatic rings. The van der Waals surface area contributed by atoms with Gasteiger partial charge in [-0.25, -0.2) is 8.42 Å². The van der Waals surface area contributed by atoms with Gasteiger partial charge in [0, 0.05) is 17.6 Å². The summed E-state index contributed by atoms with van der Waals surface area (Å²) in [7, 11) is -4.09. The van der Waals surface area contributed by atoms with Gasteiger partial charge in [-0.15, -0.1) is 0 Å². The number of rotatable bonds is 10. The van der Waals surface area contributed by atoms with Gasteiger partial charge < -0.3 is 10.2 Å². The molecule has 0 radical (unpaired) electrons. The van der Waals surface area contributed by atoms with Crippen molar-refractivity contribution in [3.63, 3.8) is 0 Å². The Balaban J connectivity index is 1.68. The molecule has 0 saturated heterocycles. The highest BCUT2D eigenvalue weighted by Crippen LogP contribution is 2.26. The molecule has 3 aromatic carbocycles. The standard InChI is InChI=1S/C31H36ClN3O4S/c1-22-11-15-28(16-12-22)35(40(38,39)29-17-13-23(2)14-18-29)21-30(36)34(20-25-7-6-8-26(32)19-25)24(3)31(37)33-27-9-4-5-10-27/h6-8,11-19,24,27H,4-5,9-10,20-21H2,1-3H3,(H,33,37)/t24-/m1/s1. The lowest BCUT2D eigenvalue weighted by molar-refractivity contribution is -0.139. The van der Waals surface area contributed by atoms with Crippen molar-refractivity contribution < 1.29 is 18.0 Å². The second-order valence-corrected chi connectivity index (χ2v) is 12.8. The number of benzene rings is 3. The van der Waals surface area contributed by atoms with Gasteiger partial charge in [0.25, 0.3) is 10.0 Å². The van der Waals surface area contributed by atoms with Gasteiger partial charge >= 0.3 is 0 Å². The second kappa shape index (κ2) is 12.9. The number of nitrogens with zero attached hydrogens (tertiary/aromatic N) is 2. The van der Waals surface area contributed by atoms with Crippen LogP contribution in [0.4, 0.5) is 5.69 Å². The largest absolute Gasteiger partial charge is 0.352 e. The van der Waals surface area contributed by atoms with Crippen LogP contribution in [0.15, 0.2) is 77.7 Å². The number of nitrogens with one attached hydrogen (secondary N) is 1. The molecule has 40 heavy (non-hydrogen) atoms. The minimum atomic E-state index is -4.09. The van der Waals surface area contributed by atoms with Crippen LogP contribution in [0.2, 0.25) is 5.02 Å². The van der Waals surface area contributed by atoms with Crippen LogP contribution in [0.3, 0.4) is 0 Å². The lowest BCUT2D eigenvalue weighted by Gasteiger charge is -2.32. The Morgan fingerprint density at radius 1 is 0.950 bits per heavy atom. The highest BCUT2D eigenvalue weighted by Gasteiger charge is 2.33. The Kier molecular flexibility index (Phi) is 9.53. The molecule has 1 N–H and O–H groups in total. The predicted molar refractivity (Wildman–Crippen MR) is 159 cm³/mol. The van der Waals surface area contributed by atoms with Crippen molar-refractivity contribution in [2.75, 3.05) is 10.8 Å². The number of carbonyl (C=O) groups is 2. The van der Waals surface area contributed by atoms with Crippen molar-refractivity contribution >= 4 is 39.1 Å². The summed E-state index contributed by atoms with van der Waals surface area (Å²) in [6.07, 6.45) is 3.95. The monoisotopic (exact) mass is 581 g/mol. The van der Waals surface area contributed by atoms with Crippen LogP contribution >= 0.6 is 11.6 Å². The summed E-state index contributed by atoms with van der Waals surface area (Å²) in [4.78, 5) is 28.8. The molecule has 0 spiro atoms. The third kappa shape index (κ3) is 7.23. The topological polar surface area (TPSA) is 86.8 Å². The van der Waals surface area contributed by atoms with Gasteiger partial charge in [0.1, 0.15) is 12.6 Å². The summed E-state index contributed by atoms with van der Waals surface area (Å²) in [5.41, 5.74) is 2.99. The summed E-state index contributed by atoms with van der Waals surface area (Å²) >= 11 is 6.21. The van der Waals surface area contributed by atoms with E-state index in [2.05, 4.69) is 5.32 Å². The van der Waals surface area contributed by atoms with Crippen molar-refractivity contribution in [3.05, 3.63) is 94.5 Å². The van der Waals surface area contributed by atoms with Crippen molar-refractivity contribution in [2.24, 2.45) is 0 Å². The highest BCUT2D eigenvalue weighted by atomic mass is 35.5. The van der Waals surface area contributed by atoms with E-state index < -0.39 is 28.5 Å². The van der Waals surface area contributed by atoms with E-state index >= 15 is 0 Å². The molecule has 0 heterocycles. The number of hydrogen-bond acceptors (Lipinski definition) is 4. The normalized spacial score (nSPS) is 14.5. The summed E-state index contributed by atoms with van der Waals surface area (Å²) < 4.78 is 28.9. The summed E-state index contributed by atoms with van der Waals surface area (Å²) in [6, 6.07) is 19.9. The number of aryl methyl sites for hydroxylation is 2. The molecule has 0 aliphatic heterocycles. The van der Waals surface area contributed by atoms with E-state index in [1.54, 1.807) is 61.5 Å². The SMILES string of the molecule is Cc1ccc(N(CC(=O)N(Cc2cccc(Cl)c2)[C@H](C)C(=O)NC2CCCC2)S(=O)(=O)c2ccc(C)cc2)cc1. The van der Waals surface area contributed by atoms with E-state index in [9.17, 15) is 18.0 Å². The van der Waals surface area contributed by atoms with Crippen LogP contribution in [-0.4, -0.2) is 43.8 Å². The molecule has 1 saturated carbocycles. The van der Waals surface area contributed by atoms with Crippen molar-refractivity contribution in [1.29, 1.82) is 0 Å². The van der Waals surface area contributed by atoms with Crippen molar-refractivity contribution in [3.8, 4) is 0 Å². The maximum atomic E-state index is 14.0. The molecule has 0 bridgehead atoms. The molecule has 4 rings (SSSR count). The van der Waals surface area contributed by atoms with E-state index in [1.807, 2.05) is 19.9 Å². The molecule has 0 unspecified atom stereocenters. The maximum absolute atomic E-state index is 14.0. The molecular weight excluding hydrogens is 546 g/mol. The zero-order valence-electron chi connectivity index (χ0n) is 23.1. The molecule has 212 valence electrons. The van der Waals surface area contributed by atoms with Gasteiger partial charge in [-0.05, 0) is 75.6 Å². The van der Waals surface area contributed by atoms with Crippen molar-refractivity contribution in [2.45, 2.75) is 70.0 Å². The van der Waals surface area contributed by atoms with E-state index in [0.717, 1.165) is 46.7 Å². The summed E-state index contributed by atoms with van der Waals surface area (Å²) in [5, 5.41) is 3.58.